The van der Waals surface area contributed by atoms with Crippen LogP contribution in [0.1, 0.15) is 119 Å². The number of rotatable bonds is 18. The maximum atomic E-state index is 13.5. The summed E-state index contributed by atoms with van der Waals surface area (Å²) in [5, 5.41) is 65.5. The Labute approximate surface area is 499 Å². The van der Waals surface area contributed by atoms with Gasteiger partial charge in [-0.15, -0.1) is 0 Å². The number of anilines is 2. The van der Waals surface area contributed by atoms with Crippen molar-refractivity contribution in [3.63, 3.8) is 0 Å². The molecule has 3 aliphatic heterocycles. The van der Waals surface area contributed by atoms with Crippen molar-refractivity contribution in [3.05, 3.63) is 23.0 Å². The first kappa shape index (κ1) is 67.1. The lowest BCUT2D eigenvalue weighted by molar-refractivity contribution is -0.207. The Morgan fingerprint density at radius 2 is 1.05 bits per heavy atom. The molecule has 85 heavy (non-hydrogen) atoms. The van der Waals surface area contributed by atoms with Crippen molar-refractivity contribution >= 4 is 83.8 Å². The van der Waals surface area contributed by atoms with Gasteiger partial charge in [-0.2, -0.15) is 30.1 Å². The number of carbonyl (C=O) groups is 2. The molecule has 476 valence electrons. The third kappa shape index (κ3) is 14.1. The molecule has 2 saturated carbocycles. The van der Waals surface area contributed by atoms with Crippen LogP contribution in [-0.4, -0.2) is 221 Å². The van der Waals surface area contributed by atoms with Crippen LogP contribution in [-0.2, 0) is 47.0 Å². The molecule has 5 aliphatic rings. The summed E-state index contributed by atoms with van der Waals surface area (Å²) < 4.78 is 74.5. The standard InChI is InChI=1S/C28H43ClN5O9P.C23H35ClN5O11P/c1-26(2,3)43-25(37)33(16-10-8-9-11-16)21-17-12-30-34(22(17)32-24(29)31-21)23-20-19(41-27(4,5)42-20)18(40-23)13-39-28(14-35,15-36)44(6,7)38;1-22(2,3)40-21(34)28(12-6-4-5-7-12)17-13-8-25-29(18(13)27-20(24)26-17)19-16(33)15(32)14(39-19)9-38-23(10-30,11-31)41(35,36)37/h12,16,18-20,23,35-36H,8-11,13-15H2,1-7H3;8,12,14-16,19,30-33H,4-7,9-11H2,1-3H3,(H2,35,36,37)/t18-,19-,20-,23-;14-,15-,16-,19-/m11/s1. The first-order valence-corrected chi connectivity index (χ1v) is 32.8. The van der Waals surface area contributed by atoms with Crippen molar-refractivity contribution in [1.29, 1.82) is 0 Å². The molecule has 8 atom stereocenters. The zero-order valence-electron chi connectivity index (χ0n) is 48.9. The number of hydrogen-bond acceptors (Lipinski definition) is 24. The van der Waals surface area contributed by atoms with Gasteiger partial charge in [0.05, 0.1) is 62.8 Å². The van der Waals surface area contributed by atoms with Gasteiger partial charge >= 0.3 is 19.8 Å². The van der Waals surface area contributed by atoms with Crippen LogP contribution >= 0.6 is 37.9 Å². The van der Waals surface area contributed by atoms with E-state index in [1.54, 1.807) is 45.7 Å². The van der Waals surface area contributed by atoms with Gasteiger partial charge in [0.1, 0.15) is 55.0 Å². The molecule has 8 N–H and O–H groups in total. The number of fused-ring (bicyclic) bond motifs is 3. The molecule has 5 fully saturated rings. The minimum Gasteiger partial charge on any atom is -0.443 e. The summed E-state index contributed by atoms with van der Waals surface area (Å²) in [7, 11) is -8.27. The summed E-state index contributed by atoms with van der Waals surface area (Å²) in [6.07, 6.45) is -0.341. The Hall–Kier alpha value is -3.88. The van der Waals surface area contributed by atoms with Crippen LogP contribution in [0.15, 0.2) is 12.4 Å². The zero-order chi connectivity index (χ0) is 62.6. The number of nitrogens with zero attached hydrogens (tertiary/aromatic N) is 10. The molecule has 30 nitrogen and oxygen atoms in total. The molecule has 0 spiro atoms. The maximum Gasteiger partial charge on any atom is 0.416 e. The van der Waals surface area contributed by atoms with Gasteiger partial charge in [-0.3, -0.25) is 14.4 Å². The first-order chi connectivity index (χ1) is 39.6. The Kier molecular flexibility index (Phi) is 20.2. The van der Waals surface area contributed by atoms with Crippen LogP contribution in [0.25, 0.3) is 22.1 Å². The van der Waals surface area contributed by atoms with Gasteiger partial charge in [0.15, 0.2) is 46.5 Å². The van der Waals surface area contributed by atoms with Crippen LogP contribution < -0.4 is 9.80 Å². The van der Waals surface area contributed by atoms with Crippen molar-refractivity contribution in [2.45, 2.75) is 196 Å². The van der Waals surface area contributed by atoms with E-state index in [4.69, 9.17) is 61.1 Å². The average Bonchev–Trinajstić information content (AvgIpc) is 2.01. The second kappa shape index (κ2) is 25.5. The monoisotopic (exact) mass is 1280 g/mol. The van der Waals surface area contributed by atoms with E-state index < -0.39 is 137 Å². The molecule has 0 bridgehead atoms. The number of aliphatic hydroxyl groups excluding tert-OH is 6. The second-order valence-electron chi connectivity index (χ2n) is 24.6. The van der Waals surface area contributed by atoms with Gasteiger partial charge in [-0.05, 0) is 118 Å². The third-order valence-electron chi connectivity index (χ3n) is 15.3. The van der Waals surface area contributed by atoms with Crippen molar-refractivity contribution in [2.24, 2.45) is 0 Å². The molecule has 7 heterocycles. The van der Waals surface area contributed by atoms with E-state index in [2.05, 4.69) is 30.1 Å². The minimum absolute atomic E-state index is 0.0691. The Balaban J connectivity index is 0.000000222. The van der Waals surface area contributed by atoms with E-state index in [0.717, 1.165) is 43.2 Å². The SMILES string of the molecule is CC(C)(C)OC(=O)N(c1nc(Cl)nc2c1cnn2[C@@H]1O[C@H](COC(CO)(CO)P(=O)(O)O)[C@@H](O)[C@H]1O)C1CCCC1.CC(C)(C)OC(=O)N(c1nc(Cl)nc2c1cnn2[C@@H]1O[C@H](COC(CO)(CO)P(C)(C)=O)[C@H]2OC(C)(C)O[C@H]21)C1CCCC1. The molecule has 2 aliphatic carbocycles. The van der Waals surface area contributed by atoms with E-state index in [1.807, 2.05) is 20.8 Å². The molecule has 0 radical (unpaired) electrons. The summed E-state index contributed by atoms with van der Waals surface area (Å²) in [6, 6.07) is -0.346. The molecule has 9 rings (SSSR count). The largest absolute Gasteiger partial charge is 0.443 e. The highest BCUT2D eigenvalue weighted by molar-refractivity contribution is 7.63. The van der Waals surface area contributed by atoms with Crippen LogP contribution in [0.4, 0.5) is 21.2 Å². The van der Waals surface area contributed by atoms with Crippen LogP contribution in [0.2, 0.25) is 10.6 Å². The lowest BCUT2D eigenvalue weighted by Crippen LogP contribution is -2.44. The summed E-state index contributed by atoms with van der Waals surface area (Å²) in [6.45, 7) is 12.5. The number of amides is 2. The molecular formula is C51H78Cl2N10O20P2. The topological polar surface area (TPSA) is 398 Å². The van der Waals surface area contributed by atoms with Crippen molar-refractivity contribution in [3.8, 4) is 0 Å². The van der Waals surface area contributed by atoms with Crippen molar-refractivity contribution in [1.82, 2.24) is 39.5 Å². The molecular weight excluding hydrogens is 1210 g/mol. The van der Waals surface area contributed by atoms with Crippen LogP contribution in [0.5, 0.6) is 0 Å². The van der Waals surface area contributed by atoms with Crippen LogP contribution in [0.3, 0.4) is 0 Å². The quantitative estimate of drug-likeness (QED) is 0.0500. The lowest BCUT2D eigenvalue weighted by atomic mass is 10.1. The van der Waals surface area contributed by atoms with E-state index >= 15 is 0 Å². The fraction of sp³-hybridized carbons (Fsp3) is 0.765. The number of aliphatic hydroxyl groups is 6. The molecule has 0 unspecified atom stereocenters. The van der Waals surface area contributed by atoms with Crippen LogP contribution in [0, 0.1) is 0 Å². The summed E-state index contributed by atoms with van der Waals surface area (Å²) in [5.41, 5.74) is -1.12. The highest BCUT2D eigenvalue weighted by atomic mass is 35.5. The number of ether oxygens (including phenoxy) is 8. The Morgan fingerprint density at radius 3 is 1.46 bits per heavy atom. The summed E-state index contributed by atoms with van der Waals surface area (Å²) in [4.78, 5) is 66.5. The van der Waals surface area contributed by atoms with Gasteiger partial charge in [0.2, 0.25) is 15.9 Å². The van der Waals surface area contributed by atoms with Gasteiger partial charge in [-0.1, -0.05) is 25.7 Å². The second-order valence-corrected chi connectivity index (χ2v) is 30.7. The minimum atomic E-state index is -5.16. The van der Waals surface area contributed by atoms with E-state index in [-0.39, 0.29) is 40.7 Å². The van der Waals surface area contributed by atoms with Crippen molar-refractivity contribution < 1.29 is 97.0 Å². The Bertz CT molecular complexity index is 3110. The molecule has 0 aromatic carbocycles. The third-order valence-corrected chi connectivity index (χ3v) is 19.5. The number of aromatic nitrogens is 8. The molecule has 3 saturated heterocycles. The van der Waals surface area contributed by atoms with Gasteiger partial charge < -0.3 is 82.9 Å². The number of carbonyl (C=O) groups excluding carboxylic acids is 2. The van der Waals surface area contributed by atoms with Gasteiger partial charge in [0, 0.05) is 12.1 Å². The summed E-state index contributed by atoms with van der Waals surface area (Å²) in [5.74, 6) is -0.525. The van der Waals surface area contributed by atoms with Gasteiger partial charge in [0.25, 0.3) is 0 Å². The number of hydrogen-bond donors (Lipinski definition) is 8. The predicted molar refractivity (Wildman–Crippen MR) is 303 cm³/mol. The summed E-state index contributed by atoms with van der Waals surface area (Å²) >= 11 is 12.8. The number of halogens is 2. The van der Waals surface area contributed by atoms with E-state index in [1.165, 1.54) is 29.1 Å². The highest BCUT2D eigenvalue weighted by Gasteiger charge is 2.58. The molecule has 34 heteroatoms. The molecule has 4 aromatic rings. The average molecular weight is 1280 g/mol. The normalized spacial score (nSPS) is 25.2. The smallest absolute Gasteiger partial charge is 0.416 e. The highest BCUT2D eigenvalue weighted by Crippen LogP contribution is 2.54. The van der Waals surface area contributed by atoms with Crippen molar-refractivity contribution in [2.75, 3.05) is 62.8 Å². The molecule has 4 aromatic heterocycles. The zero-order valence-corrected chi connectivity index (χ0v) is 52.2. The first-order valence-electron chi connectivity index (χ1n) is 27.8. The fourth-order valence-electron chi connectivity index (χ4n) is 10.9. The van der Waals surface area contributed by atoms with Gasteiger partial charge in [-0.25, -0.2) is 19.0 Å². The fourth-order valence-corrected chi connectivity index (χ4v) is 12.9. The molecule has 2 amide bonds. The lowest BCUT2D eigenvalue weighted by Gasteiger charge is -2.35. The Morgan fingerprint density at radius 1 is 0.647 bits per heavy atom. The van der Waals surface area contributed by atoms with E-state index in [0.29, 0.717) is 35.1 Å². The van der Waals surface area contributed by atoms with E-state index in [9.17, 15) is 59.1 Å². The maximum absolute atomic E-state index is 13.5. The predicted octanol–water partition coefficient (Wildman–Crippen LogP) is 4.56.